The third-order valence-corrected chi connectivity index (χ3v) is 19.8. The molecule has 0 saturated heterocycles. The minimum atomic E-state index is 0.258. The quantitative estimate of drug-likeness (QED) is 0.117. The average molecular weight is 1130 g/mol. The highest BCUT2D eigenvalue weighted by atomic mass is 16.3. The number of benzene rings is 12. The number of hydrogen-bond donors (Lipinski definition) is 1. The number of anilines is 6. The fourth-order valence-electron chi connectivity index (χ4n) is 15.2. The van der Waals surface area contributed by atoms with Crippen LogP contribution in [-0.2, 0) is 0 Å². The van der Waals surface area contributed by atoms with Crippen LogP contribution in [0.4, 0.5) is 34.1 Å². The predicted octanol–water partition coefficient (Wildman–Crippen LogP) is 24.8. The molecule has 0 unspecified atom stereocenters. The topological polar surface area (TPSA) is 39.9 Å². The molecule has 4 nitrogen and oxygen atoms in total. The van der Waals surface area contributed by atoms with Crippen molar-refractivity contribution in [3.63, 3.8) is 0 Å². The van der Waals surface area contributed by atoms with Gasteiger partial charge >= 0.3 is 0 Å². The summed E-state index contributed by atoms with van der Waals surface area (Å²) in [6, 6.07) is 81.1. The van der Waals surface area contributed by atoms with Crippen LogP contribution in [0.15, 0.2) is 223 Å². The van der Waals surface area contributed by atoms with E-state index in [9.17, 15) is 5.11 Å². The van der Waals surface area contributed by atoms with Crippen LogP contribution in [0.2, 0.25) is 0 Å². The monoisotopic (exact) mass is 1130 g/mol. The molecule has 87 heavy (non-hydrogen) atoms. The summed E-state index contributed by atoms with van der Waals surface area (Å²) < 4.78 is 7.37. The standard InChI is InChI=1S/C83H76N2O2/c1-52(2)55-37-41-62(42-38-55)84(75-35-19-31-65(81(75)86)61-29-17-28-60(49-61)64-30-16-15-21-54(64)5)77-50-73(58-24-11-7-12-25-58)67-46-48-72-78(51-74(59-26-13-8-14-27-59)68-45-47-71(77)79(67)80(68)72)85(63-43-39-56(40-44-63)53(3)4)76-36-20-34-70-69-33-18-32-66(82(69)87-83(70)76)57-22-9-6-10-23-57/h6,9-10,15-23,28-53,58-59,86H,7-8,11-14,24-27H2,1-5H3. The molecule has 0 atom stereocenters. The summed E-state index contributed by atoms with van der Waals surface area (Å²) in [6.07, 6.45) is 12.0. The highest BCUT2D eigenvalue weighted by Crippen LogP contribution is 2.55. The number of aromatic hydroxyl groups is 1. The number of phenolic OH excluding ortho intramolecular Hbond substituents is 1. The van der Waals surface area contributed by atoms with Gasteiger partial charge < -0.3 is 19.3 Å². The Morgan fingerprint density at radius 3 is 1.39 bits per heavy atom. The third-order valence-electron chi connectivity index (χ3n) is 19.8. The Morgan fingerprint density at radius 2 is 0.816 bits per heavy atom. The average Bonchev–Trinajstić information content (AvgIpc) is 0.767. The Bertz CT molecular complexity index is 4670. The van der Waals surface area contributed by atoms with Crippen molar-refractivity contribution in [2.24, 2.45) is 0 Å². The molecule has 0 aliphatic heterocycles. The van der Waals surface area contributed by atoms with E-state index in [2.05, 4.69) is 263 Å². The van der Waals surface area contributed by atoms with E-state index in [1.807, 2.05) is 0 Å². The van der Waals surface area contributed by atoms with E-state index in [-0.39, 0.29) is 5.75 Å². The van der Waals surface area contributed by atoms with Gasteiger partial charge in [0.05, 0.1) is 22.7 Å². The highest BCUT2D eigenvalue weighted by Gasteiger charge is 2.31. The van der Waals surface area contributed by atoms with E-state index < -0.39 is 0 Å². The summed E-state index contributed by atoms with van der Waals surface area (Å²) in [5.41, 5.74) is 20.9. The predicted molar refractivity (Wildman–Crippen MR) is 369 cm³/mol. The van der Waals surface area contributed by atoms with Crippen LogP contribution in [0.25, 0.3) is 87.6 Å². The molecule has 0 radical (unpaired) electrons. The lowest BCUT2D eigenvalue weighted by Gasteiger charge is -2.33. The number of aryl methyl sites for hydroxylation is 1. The molecule has 12 aromatic carbocycles. The molecule has 2 fully saturated rings. The van der Waals surface area contributed by atoms with E-state index in [0.717, 1.165) is 110 Å². The number of hydrogen-bond acceptors (Lipinski definition) is 4. The maximum atomic E-state index is 13.2. The number of fused-ring (bicyclic) bond motifs is 3. The van der Waals surface area contributed by atoms with Crippen LogP contribution >= 0.6 is 0 Å². The maximum Gasteiger partial charge on any atom is 0.159 e. The number of nitrogens with zero attached hydrogens (tertiary/aromatic N) is 2. The first-order chi connectivity index (χ1) is 42.7. The van der Waals surface area contributed by atoms with E-state index in [1.165, 1.54) is 104 Å². The summed E-state index contributed by atoms with van der Waals surface area (Å²) in [5, 5.41) is 23.1. The van der Waals surface area contributed by atoms with Gasteiger partial charge in [-0.1, -0.05) is 230 Å². The summed E-state index contributed by atoms with van der Waals surface area (Å²) in [4.78, 5) is 4.93. The van der Waals surface area contributed by atoms with E-state index >= 15 is 0 Å². The van der Waals surface area contributed by atoms with Crippen molar-refractivity contribution >= 4 is 88.4 Å². The minimum absolute atomic E-state index is 0.258. The van der Waals surface area contributed by atoms with Gasteiger partial charge in [-0.3, -0.25) is 0 Å². The molecule has 2 aliphatic rings. The minimum Gasteiger partial charge on any atom is -0.505 e. The Kier molecular flexibility index (Phi) is 14.2. The van der Waals surface area contributed by atoms with Crippen LogP contribution in [-0.4, -0.2) is 5.11 Å². The molecule has 15 rings (SSSR count). The molecule has 2 saturated carbocycles. The van der Waals surface area contributed by atoms with Gasteiger partial charge in [0.2, 0.25) is 0 Å². The van der Waals surface area contributed by atoms with E-state index in [4.69, 9.17) is 4.42 Å². The zero-order valence-corrected chi connectivity index (χ0v) is 50.9. The summed E-state index contributed by atoms with van der Waals surface area (Å²) >= 11 is 0. The van der Waals surface area contributed by atoms with E-state index in [1.54, 1.807) is 0 Å². The number of furan rings is 1. The number of phenols is 1. The second-order valence-corrected chi connectivity index (χ2v) is 25.7. The van der Waals surface area contributed by atoms with Crippen molar-refractivity contribution in [2.45, 2.75) is 122 Å². The van der Waals surface area contributed by atoms with Gasteiger partial charge in [-0.2, -0.15) is 0 Å². The van der Waals surface area contributed by atoms with Gasteiger partial charge in [-0.05, 0) is 182 Å². The first-order valence-electron chi connectivity index (χ1n) is 32.2. The molecule has 0 spiro atoms. The molecular weight excluding hydrogens is 1060 g/mol. The van der Waals surface area contributed by atoms with Crippen LogP contribution in [0.5, 0.6) is 5.75 Å². The van der Waals surface area contributed by atoms with Gasteiger partial charge in [0, 0.05) is 44.0 Å². The lowest BCUT2D eigenvalue weighted by molar-refractivity contribution is 0.445. The van der Waals surface area contributed by atoms with E-state index in [0.29, 0.717) is 23.7 Å². The first kappa shape index (κ1) is 54.5. The molecule has 0 amide bonds. The molecular formula is C83H76N2O2. The summed E-state index contributed by atoms with van der Waals surface area (Å²) in [6.45, 7) is 11.3. The fraction of sp³-hybridized carbons (Fsp3) is 0.229. The maximum absolute atomic E-state index is 13.2. The number of para-hydroxylation sites is 3. The normalized spacial score (nSPS) is 14.4. The van der Waals surface area contributed by atoms with Gasteiger partial charge in [-0.25, -0.2) is 0 Å². The second kappa shape index (κ2) is 22.6. The summed E-state index contributed by atoms with van der Waals surface area (Å²) in [7, 11) is 0. The molecule has 1 heterocycles. The summed E-state index contributed by atoms with van der Waals surface area (Å²) in [5.74, 6) is 1.79. The van der Waals surface area contributed by atoms with Crippen LogP contribution in [0.1, 0.15) is 143 Å². The lowest BCUT2D eigenvalue weighted by atomic mass is 9.77. The fourth-order valence-corrected chi connectivity index (χ4v) is 15.2. The van der Waals surface area contributed by atoms with Crippen LogP contribution in [0.3, 0.4) is 0 Å². The van der Waals surface area contributed by atoms with Crippen molar-refractivity contribution in [3.05, 3.63) is 246 Å². The van der Waals surface area contributed by atoms with Gasteiger partial charge in [0.1, 0.15) is 11.3 Å². The Morgan fingerprint density at radius 1 is 0.368 bits per heavy atom. The van der Waals surface area contributed by atoms with Crippen LogP contribution < -0.4 is 9.80 Å². The zero-order valence-electron chi connectivity index (χ0n) is 50.9. The first-order valence-corrected chi connectivity index (χ1v) is 32.2. The zero-order chi connectivity index (χ0) is 58.9. The highest BCUT2D eigenvalue weighted by molar-refractivity contribution is 6.30. The largest absolute Gasteiger partial charge is 0.505 e. The van der Waals surface area contributed by atoms with Crippen molar-refractivity contribution in [2.75, 3.05) is 9.80 Å². The van der Waals surface area contributed by atoms with Gasteiger partial charge in [0.25, 0.3) is 0 Å². The molecule has 1 aromatic heterocycles. The third kappa shape index (κ3) is 9.60. The lowest BCUT2D eigenvalue weighted by Crippen LogP contribution is -2.15. The van der Waals surface area contributed by atoms with Crippen molar-refractivity contribution < 1.29 is 9.52 Å². The Balaban J connectivity index is 1.02. The SMILES string of the molecule is Cc1ccccc1-c1cccc(-c2cccc(N(c3ccc(C(C)C)cc3)c3cc(C4CCCCC4)c4ccc5c(N(c6ccc(C(C)C)cc6)c6cccc7c6oc6c(-c8ccccc8)cccc67)cc(C6CCCCC6)c6ccc3c4c65)c2O)c1. The molecule has 4 heteroatoms. The van der Waals surface area contributed by atoms with Crippen molar-refractivity contribution in [1.82, 2.24) is 0 Å². The van der Waals surface area contributed by atoms with Gasteiger partial charge in [0.15, 0.2) is 5.58 Å². The molecule has 1 N–H and O–H groups in total. The molecule has 13 aromatic rings. The Labute approximate surface area is 512 Å². The second-order valence-electron chi connectivity index (χ2n) is 25.7. The Hall–Kier alpha value is -9.12. The smallest absolute Gasteiger partial charge is 0.159 e. The molecule has 430 valence electrons. The van der Waals surface area contributed by atoms with Gasteiger partial charge in [-0.15, -0.1) is 0 Å². The number of rotatable bonds is 13. The molecule has 2 aliphatic carbocycles. The van der Waals surface area contributed by atoms with Crippen LogP contribution in [0, 0.1) is 6.92 Å². The van der Waals surface area contributed by atoms with Crippen molar-refractivity contribution in [3.8, 4) is 39.1 Å². The molecule has 0 bridgehead atoms. The van der Waals surface area contributed by atoms with Crippen molar-refractivity contribution in [1.29, 1.82) is 0 Å².